The fourth-order valence-electron chi connectivity index (χ4n) is 4.98. The van der Waals surface area contributed by atoms with E-state index in [1.165, 1.54) is 0 Å². The van der Waals surface area contributed by atoms with Crippen LogP contribution in [0.1, 0.15) is 43.4 Å². The molecule has 3 fully saturated rings. The van der Waals surface area contributed by atoms with Crippen molar-refractivity contribution < 1.29 is 9.53 Å². The number of aryl methyl sites for hydroxylation is 1. The topological polar surface area (TPSA) is 72.7 Å². The van der Waals surface area contributed by atoms with Crippen LogP contribution in [0.15, 0.2) is 36.5 Å². The van der Waals surface area contributed by atoms with Crippen molar-refractivity contribution in [2.24, 2.45) is 0 Å². The molecule has 5 rings (SSSR count). The molecule has 170 valence electrons. The number of rotatable bonds is 4. The van der Waals surface area contributed by atoms with E-state index in [-0.39, 0.29) is 12.0 Å². The van der Waals surface area contributed by atoms with Crippen LogP contribution in [0, 0.1) is 18.3 Å². The van der Waals surface area contributed by atoms with Crippen LogP contribution in [-0.4, -0.2) is 52.7 Å². The van der Waals surface area contributed by atoms with E-state index < -0.39 is 5.54 Å². The maximum Gasteiger partial charge on any atom is 0.259 e. The predicted molar refractivity (Wildman–Crippen MR) is 130 cm³/mol. The summed E-state index contributed by atoms with van der Waals surface area (Å²) < 4.78 is 6.20. The molecular weight excluding hydrogens is 434 g/mol. The number of benzene rings is 1. The molecule has 1 amide bonds. The zero-order valence-corrected chi connectivity index (χ0v) is 19.8. The van der Waals surface area contributed by atoms with E-state index in [1.807, 2.05) is 42.2 Å². The summed E-state index contributed by atoms with van der Waals surface area (Å²) >= 11 is 5.83. The number of nitrogens with zero attached hydrogens (tertiary/aromatic N) is 5. The number of carbonyl (C=O) groups excluding carboxylic acids is 1. The summed E-state index contributed by atoms with van der Waals surface area (Å²) in [6, 6.07) is 11.8. The lowest BCUT2D eigenvalue weighted by molar-refractivity contribution is -0.123. The van der Waals surface area contributed by atoms with Crippen molar-refractivity contribution in [2.75, 3.05) is 29.9 Å². The molecule has 0 unspecified atom stereocenters. The number of ether oxygens (including phenoxy) is 1. The molecule has 3 aliphatic rings. The van der Waals surface area contributed by atoms with Crippen LogP contribution in [0.25, 0.3) is 0 Å². The Bertz CT molecular complexity index is 1130. The first-order chi connectivity index (χ1) is 15.9. The molecule has 0 N–H and O–H groups in total. The first-order valence-electron chi connectivity index (χ1n) is 11.4. The van der Waals surface area contributed by atoms with Gasteiger partial charge in [-0.15, -0.1) is 0 Å². The summed E-state index contributed by atoms with van der Waals surface area (Å²) in [5.74, 6) is 0.826. The van der Waals surface area contributed by atoms with Crippen LogP contribution in [-0.2, 0) is 4.79 Å². The highest BCUT2D eigenvalue weighted by Gasteiger charge is 2.59. The van der Waals surface area contributed by atoms with Gasteiger partial charge in [0.25, 0.3) is 5.91 Å². The van der Waals surface area contributed by atoms with Crippen molar-refractivity contribution >= 4 is 34.6 Å². The second kappa shape index (κ2) is 8.40. The van der Waals surface area contributed by atoms with E-state index >= 15 is 0 Å². The Morgan fingerprint density at radius 2 is 1.88 bits per heavy atom. The highest BCUT2D eigenvalue weighted by Crippen LogP contribution is 2.48. The SMILES string of the molecule is Cc1cc(N2C(=O)C3(CCC3)N(c3ccc(OC4CCN(C)CC4)cc3)C2=S)cnc1C#N. The van der Waals surface area contributed by atoms with Gasteiger partial charge >= 0.3 is 0 Å². The van der Waals surface area contributed by atoms with Crippen molar-refractivity contribution in [1.29, 1.82) is 5.26 Å². The van der Waals surface area contributed by atoms with Crippen LogP contribution in [0.3, 0.4) is 0 Å². The second-order valence-electron chi connectivity index (χ2n) is 9.23. The Kier molecular flexibility index (Phi) is 5.55. The molecule has 1 aromatic heterocycles. The van der Waals surface area contributed by atoms with E-state index in [9.17, 15) is 10.1 Å². The molecule has 2 aliphatic heterocycles. The summed E-state index contributed by atoms with van der Waals surface area (Å²) in [6.07, 6.45) is 6.36. The van der Waals surface area contributed by atoms with Crippen LogP contribution in [0.2, 0.25) is 0 Å². The van der Waals surface area contributed by atoms with Crippen LogP contribution >= 0.6 is 12.2 Å². The molecule has 0 bridgehead atoms. The Balaban J connectivity index is 1.40. The number of aromatic nitrogens is 1. The van der Waals surface area contributed by atoms with Gasteiger partial charge in [0.2, 0.25) is 0 Å². The second-order valence-corrected chi connectivity index (χ2v) is 9.59. The van der Waals surface area contributed by atoms with E-state index in [4.69, 9.17) is 17.0 Å². The lowest BCUT2D eigenvalue weighted by Gasteiger charge is -2.43. The maximum absolute atomic E-state index is 13.6. The minimum Gasteiger partial charge on any atom is -0.490 e. The zero-order valence-electron chi connectivity index (χ0n) is 19.0. The van der Waals surface area contributed by atoms with Crippen LogP contribution < -0.4 is 14.5 Å². The summed E-state index contributed by atoms with van der Waals surface area (Å²) in [7, 11) is 2.14. The number of nitriles is 1. The summed E-state index contributed by atoms with van der Waals surface area (Å²) in [6.45, 7) is 3.92. The van der Waals surface area contributed by atoms with Crippen molar-refractivity contribution in [2.45, 2.75) is 50.7 Å². The average Bonchev–Trinajstić information content (AvgIpc) is 3.02. The third kappa shape index (κ3) is 3.65. The molecule has 33 heavy (non-hydrogen) atoms. The Labute approximate surface area is 199 Å². The monoisotopic (exact) mass is 461 g/mol. The van der Waals surface area contributed by atoms with Gasteiger partial charge in [0.1, 0.15) is 29.2 Å². The third-order valence-electron chi connectivity index (χ3n) is 7.08. The first-order valence-corrected chi connectivity index (χ1v) is 11.8. The Morgan fingerprint density at radius 3 is 2.45 bits per heavy atom. The molecule has 7 nitrogen and oxygen atoms in total. The lowest BCUT2D eigenvalue weighted by atomic mass is 9.75. The van der Waals surface area contributed by atoms with Crippen molar-refractivity contribution in [3.05, 3.63) is 47.8 Å². The smallest absolute Gasteiger partial charge is 0.259 e. The summed E-state index contributed by atoms with van der Waals surface area (Å²) in [4.78, 5) is 23.7. The number of hydrogen-bond donors (Lipinski definition) is 0. The van der Waals surface area contributed by atoms with Gasteiger partial charge in [-0.1, -0.05) is 0 Å². The van der Waals surface area contributed by atoms with E-state index in [1.54, 1.807) is 11.1 Å². The highest BCUT2D eigenvalue weighted by atomic mass is 32.1. The number of piperidine rings is 1. The molecule has 1 aliphatic carbocycles. The molecule has 3 heterocycles. The van der Waals surface area contributed by atoms with E-state index in [0.717, 1.165) is 62.2 Å². The standard InChI is InChI=1S/C25H27N5O2S/c1-17-14-19(16-27-22(17)15-26)29-23(31)25(10-3-11-25)30(24(29)33)18-4-6-20(7-5-18)32-21-8-12-28(2)13-9-21/h4-7,14,16,21H,3,8-13H2,1-2H3. The minimum absolute atomic E-state index is 0.0173. The lowest BCUT2D eigenvalue weighted by Crippen LogP contribution is -2.55. The van der Waals surface area contributed by atoms with Crippen molar-refractivity contribution in [3.8, 4) is 11.8 Å². The number of pyridine rings is 1. The molecule has 0 atom stereocenters. The minimum atomic E-state index is -0.644. The molecule has 1 spiro atoms. The van der Waals surface area contributed by atoms with Crippen molar-refractivity contribution in [1.82, 2.24) is 9.88 Å². The van der Waals surface area contributed by atoms with Gasteiger partial charge in [-0.2, -0.15) is 5.26 Å². The van der Waals surface area contributed by atoms with E-state index in [0.29, 0.717) is 16.5 Å². The van der Waals surface area contributed by atoms with Crippen LogP contribution in [0.4, 0.5) is 11.4 Å². The Hall–Kier alpha value is -3.02. The van der Waals surface area contributed by atoms with Gasteiger partial charge in [0.15, 0.2) is 5.11 Å². The molecule has 1 saturated carbocycles. The van der Waals surface area contributed by atoms with Gasteiger partial charge in [0.05, 0.1) is 11.9 Å². The number of thiocarbonyl (C=S) groups is 1. The van der Waals surface area contributed by atoms with Gasteiger partial charge in [0, 0.05) is 18.8 Å². The number of likely N-dealkylation sites (tertiary alicyclic amines) is 1. The zero-order chi connectivity index (χ0) is 23.2. The fourth-order valence-corrected chi connectivity index (χ4v) is 5.44. The summed E-state index contributed by atoms with van der Waals surface area (Å²) in [5, 5.41) is 9.65. The molecule has 8 heteroatoms. The fraction of sp³-hybridized carbons (Fsp3) is 0.440. The van der Waals surface area contributed by atoms with Gasteiger partial charge in [-0.05, 0) is 94.2 Å². The number of carbonyl (C=O) groups is 1. The van der Waals surface area contributed by atoms with Crippen molar-refractivity contribution in [3.63, 3.8) is 0 Å². The first kappa shape index (κ1) is 21.8. The highest BCUT2D eigenvalue weighted by molar-refractivity contribution is 7.81. The largest absolute Gasteiger partial charge is 0.490 e. The van der Waals surface area contributed by atoms with Gasteiger partial charge in [-0.3, -0.25) is 9.69 Å². The Morgan fingerprint density at radius 1 is 1.18 bits per heavy atom. The molecule has 0 radical (unpaired) electrons. The van der Waals surface area contributed by atoms with Gasteiger partial charge in [-0.25, -0.2) is 4.98 Å². The number of anilines is 2. The van der Waals surface area contributed by atoms with Gasteiger partial charge < -0.3 is 14.5 Å². The normalized spacial score (nSPS) is 20.8. The quantitative estimate of drug-likeness (QED) is 0.642. The number of hydrogen-bond acceptors (Lipinski definition) is 6. The third-order valence-corrected chi connectivity index (χ3v) is 7.45. The average molecular weight is 462 g/mol. The predicted octanol–water partition coefficient (Wildman–Crippen LogP) is 3.80. The number of amides is 1. The van der Waals surface area contributed by atoms with Crippen LogP contribution in [0.5, 0.6) is 5.75 Å². The molecule has 2 aromatic rings. The molecule has 2 saturated heterocycles. The molecule has 1 aromatic carbocycles. The maximum atomic E-state index is 13.6. The molecular formula is C25H27N5O2S. The van der Waals surface area contributed by atoms with E-state index in [2.05, 4.69) is 23.0 Å². The summed E-state index contributed by atoms with van der Waals surface area (Å²) in [5.41, 5.74) is 1.94.